The molecule has 0 aliphatic carbocycles. The molecule has 17 nitrogen and oxygen atoms in total. The van der Waals surface area contributed by atoms with E-state index in [9.17, 15) is 41.1 Å². The van der Waals surface area contributed by atoms with Crippen LogP contribution in [-0.2, 0) is 6.54 Å². The van der Waals surface area contributed by atoms with E-state index < -0.39 is 5.24 Å². The number of carbonyl (C=O) groups excluding carboxylic acids is 4. The Bertz CT molecular complexity index is 3810. The van der Waals surface area contributed by atoms with Crippen molar-refractivity contribution in [2.75, 3.05) is 76.1 Å². The van der Waals surface area contributed by atoms with E-state index in [2.05, 4.69) is 132 Å². The van der Waals surface area contributed by atoms with Crippen molar-refractivity contribution in [2.45, 2.75) is 48.1 Å². The molecule has 10 aromatic rings. The summed E-state index contributed by atoms with van der Waals surface area (Å²) in [5.74, 6) is -0.492. The van der Waals surface area contributed by atoms with Gasteiger partial charge in [0.15, 0.2) is 0 Å². The molecule has 0 spiro atoms. The fraction of sp³-hybridized carbons (Fsp3) is 0.181. The Morgan fingerprint density at radius 2 is 0.735 bits per heavy atom. The van der Waals surface area contributed by atoms with Crippen molar-refractivity contribution >= 4 is 120 Å². The van der Waals surface area contributed by atoms with Crippen LogP contribution in [0.3, 0.4) is 0 Å². The number of hydrogen-bond acceptors (Lipinski definition) is 14. The maximum Gasteiger partial charge on any atom is 0.257 e. The fourth-order valence-electron chi connectivity index (χ4n) is 7.72. The van der Waals surface area contributed by atoms with Crippen LogP contribution in [0.4, 0.5) is 62.0 Å². The van der Waals surface area contributed by atoms with E-state index in [0.29, 0.717) is 61.9 Å². The predicted octanol–water partition coefficient (Wildman–Crippen LogP) is 17.3. The van der Waals surface area contributed by atoms with Crippen LogP contribution in [0, 0.1) is 32.8 Å². The van der Waals surface area contributed by atoms with Crippen molar-refractivity contribution in [3.63, 3.8) is 0 Å². The fourth-order valence-corrected chi connectivity index (χ4v) is 8.37. The normalized spacial score (nSPS) is 9.91. The lowest BCUT2D eigenvalue weighted by Gasteiger charge is -2.19. The number of nitrogens with two attached hydrogens (primary N) is 1. The SMILES string of the molecule is CCN(CC)c1ccc(C(=O)Nc2ccc(F)cc2)cn1.CCN(CC)c1ccc(CNc2ccc(F)cc2)cn1.CCNCC.Nc1ccc(F)cc1.O=C(Cl)c1ccc(Cl)nc1.O=C(Nc1ccc(F)cc1)c1ccc(Cl)nc1.O=C(Nc1ccc(F)cc1)c1ccc(I)nc1. The number of aromatic nitrogens is 5. The summed E-state index contributed by atoms with van der Waals surface area (Å²) in [6.07, 6.45) is 7.64. The van der Waals surface area contributed by atoms with Gasteiger partial charge in [0.05, 0.1) is 22.3 Å². The minimum Gasteiger partial charge on any atom is -0.399 e. The number of nitrogens with zero attached hydrogens (tertiary/aromatic N) is 7. The molecule has 0 aliphatic rings. The molecule has 0 saturated heterocycles. The Morgan fingerprint density at radius 1 is 0.408 bits per heavy atom. The molecular formula is C72H74Cl3F5IN13O4. The highest BCUT2D eigenvalue weighted by Crippen LogP contribution is 2.18. The summed E-state index contributed by atoms with van der Waals surface area (Å²) in [5.41, 5.74) is 11.1. The van der Waals surface area contributed by atoms with E-state index in [1.165, 1.54) is 146 Å². The van der Waals surface area contributed by atoms with Crippen LogP contribution in [0.5, 0.6) is 0 Å². The standard InChI is InChI=1S/C16H18FN3O.C16H20FN3.C12H8ClFN2O.C12H8FIN2O.C6H3Cl2NO.C6H6FN.C4H11N/c1-3-20(4-2)15-10-5-12(11-18-15)16(21)19-14-8-6-13(17)7-9-14;1-3-20(4-2)16-10-5-13(12-19-16)11-18-15-8-6-14(17)7-9-15;13-11-6-1-8(7-15-11)12(17)16-10-4-2-9(14)3-5-10;13-9-2-4-10(5-3-9)16-12(17)8-1-6-11(14)15-7-8;7-5-2-1-4(3-9-5)6(8)10;7-5-1-3-6(8)4-2-5;1-3-5-4-2/h5-11H,3-4H2,1-2H3,(H,19,21);5-10,12,18H,3-4,11H2,1-2H3;2*1-7H,(H,16,17);1-3H;1-4H,8H2;5H,3-4H2,1-2H3. The molecular weight excluding hydrogens is 1440 g/mol. The third-order valence-electron chi connectivity index (χ3n) is 12.9. The number of nitrogen functional groups attached to an aromatic ring is 1. The maximum atomic E-state index is 12.8. The molecule has 0 atom stereocenters. The number of pyridine rings is 5. The highest BCUT2D eigenvalue weighted by molar-refractivity contribution is 14.1. The van der Waals surface area contributed by atoms with Crippen molar-refractivity contribution in [1.82, 2.24) is 30.2 Å². The predicted molar refractivity (Wildman–Crippen MR) is 393 cm³/mol. The van der Waals surface area contributed by atoms with Gasteiger partial charge in [-0.15, -0.1) is 0 Å². The Kier molecular flexibility index (Phi) is 37.1. The van der Waals surface area contributed by atoms with Crippen molar-refractivity contribution in [2.24, 2.45) is 0 Å². The zero-order valence-corrected chi connectivity index (χ0v) is 58.8. The largest absolute Gasteiger partial charge is 0.399 e. The van der Waals surface area contributed by atoms with Gasteiger partial charge in [-0.2, -0.15) is 0 Å². The van der Waals surface area contributed by atoms with Crippen LogP contribution >= 0.6 is 57.4 Å². The minimum absolute atomic E-state index is 0.221. The number of amides is 3. The number of carbonyl (C=O) groups is 4. The molecule has 0 radical (unpaired) electrons. The number of anilines is 7. The van der Waals surface area contributed by atoms with E-state index in [0.717, 1.165) is 65.9 Å². The van der Waals surface area contributed by atoms with Crippen LogP contribution in [-0.4, -0.2) is 87.2 Å². The first kappa shape index (κ1) is 80.8. The number of nitrogens with one attached hydrogen (secondary N) is 5. The Labute approximate surface area is 596 Å². The molecule has 10 rings (SSSR count). The van der Waals surface area contributed by atoms with Crippen LogP contribution in [0.1, 0.15) is 88.5 Å². The summed E-state index contributed by atoms with van der Waals surface area (Å²) < 4.78 is 63.8. The molecule has 26 heteroatoms. The van der Waals surface area contributed by atoms with E-state index in [4.69, 9.17) is 40.5 Å². The molecule has 514 valence electrons. The van der Waals surface area contributed by atoms with Gasteiger partial charge in [-0.3, -0.25) is 19.2 Å². The Morgan fingerprint density at radius 3 is 1.02 bits per heavy atom. The van der Waals surface area contributed by atoms with Crippen molar-refractivity contribution < 1.29 is 41.1 Å². The topological polar surface area (TPSA) is 225 Å². The average Bonchev–Trinajstić information content (AvgIpc) is 0.930. The van der Waals surface area contributed by atoms with Crippen molar-refractivity contribution in [3.05, 3.63) is 284 Å². The second-order valence-electron chi connectivity index (χ2n) is 19.9. The zero-order chi connectivity index (χ0) is 71.8. The second kappa shape index (κ2) is 45.0. The molecule has 3 amide bonds. The van der Waals surface area contributed by atoms with Gasteiger partial charge in [0, 0.05) is 92.1 Å². The van der Waals surface area contributed by atoms with Gasteiger partial charge < -0.3 is 42.1 Å². The molecule has 5 aromatic heterocycles. The number of halogens is 9. The molecule has 0 bridgehead atoms. The second-order valence-corrected chi connectivity index (χ2v) is 22.1. The third-order valence-corrected chi connectivity index (χ3v) is 14.2. The lowest BCUT2D eigenvalue weighted by Crippen LogP contribution is -2.23. The monoisotopic (exact) mass is 1510 g/mol. The Balaban J connectivity index is 0.000000251. The van der Waals surface area contributed by atoms with E-state index in [1.54, 1.807) is 42.6 Å². The van der Waals surface area contributed by atoms with Gasteiger partial charge in [-0.05, 0) is 256 Å². The smallest absolute Gasteiger partial charge is 0.257 e. The first-order chi connectivity index (χ1) is 47.1. The molecule has 0 unspecified atom stereocenters. The van der Waals surface area contributed by atoms with Gasteiger partial charge in [-0.25, -0.2) is 46.9 Å². The van der Waals surface area contributed by atoms with Crippen LogP contribution in [0.2, 0.25) is 10.3 Å². The molecule has 5 heterocycles. The highest BCUT2D eigenvalue weighted by atomic mass is 127. The highest BCUT2D eigenvalue weighted by Gasteiger charge is 2.11. The average molecular weight is 1510 g/mol. The molecule has 0 saturated carbocycles. The van der Waals surface area contributed by atoms with E-state index in [-0.39, 0.29) is 46.8 Å². The summed E-state index contributed by atoms with van der Waals surface area (Å²) in [5, 5.41) is 14.5. The number of rotatable bonds is 18. The van der Waals surface area contributed by atoms with Gasteiger partial charge in [0.25, 0.3) is 23.0 Å². The summed E-state index contributed by atoms with van der Waals surface area (Å²) in [6, 6.07) is 46.0. The molecule has 0 aliphatic heterocycles. The third kappa shape index (κ3) is 31.5. The van der Waals surface area contributed by atoms with Crippen LogP contribution in [0.15, 0.2) is 213 Å². The van der Waals surface area contributed by atoms with Crippen LogP contribution in [0.25, 0.3) is 0 Å². The number of hydrogen-bond donors (Lipinski definition) is 6. The van der Waals surface area contributed by atoms with Crippen molar-refractivity contribution in [3.8, 4) is 0 Å². The quantitative estimate of drug-likeness (QED) is 0.0155. The maximum absolute atomic E-state index is 12.8. The van der Waals surface area contributed by atoms with Gasteiger partial charge >= 0.3 is 0 Å². The van der Waals surface area contributed by atoms with Gasteiger partial charge in [0.1, 0.15) is 54.7 Å². The summed E-state index contributed by atoms with van der Waals surface area (Å²) in [6.45, 7) is 19.1. The molecule has 7 N–H and O–H groups in total. The summed E-state index contributed by atoms with van der Waals surface area (Å²) in [4.78, 5) is 70.5. The van der Waals surface area contributed by atoms with Gasteiger partial charge in [0.2, 0.25) is 0 Å². The number of benzene rings is 5. The molecule has 0 fully saturated rings. The van der Waals surface area contributed by atoms with Crippen LogP contribution < -0.4 is 42.1 Å². The van der Waals surface area contributed by atoms with Gasteiger partial charge in [-0.1, -0.05) is 43.1 Å². The zero-order valence-electron chi connectivity index (χ0n) is 54.4. The summed E-state index contributed by atoms with van der Waals surface area (Å²) in [7, 11) is 0. The molecule has 98 heavy (non-hydrogen) atoms. The first-order valence-electron chi connectivity index (χ1n) is 30.4. The Hall–Kier alpha value is -9.66. The lowest BCUT2D eigenvalue weighted by molar-refractivity contribution is 0.101. The lowest BCUT2D eigenvalue weighted by atomic mass is 10.2. The van der Waals surface area contributed by atoms with E-state index in [1.807, 2.05) is 18.3 Å². The van der Waals surface area contributed by atoms with E-state index >= 15 is 0 Å². The summed E-state index contributed by atoms with van der Waals surface area (Å²) >= 11 is 18.3. The van der Waals surface area contributed by atoms with Crippen molar-refractivity contribution in [1.29, 1.82) is 0 Å². The minimum atomic E-state index is -0.524. The first-order valence-corrected chi connectivity index (χ1v) is 32.7. The molecule has 5 aromatic carbocycles.